The van der Waals surface area contributed by atoms with Crippen LogP contribution in [0.3, 0.4) is 0 Å². The van der Waals surface area contributed by atoms with E-state index >= 15 is 0 Å². The number of amides is 6. The van der Waals surface area contributed by atoms with Gasteiger partial charge in [-0.3, -0.25) is 38.6 Å². The number of nitrogens with two attached hydrogens (primary N) is 4. The standard InChI is InChI=1S/C33H60N10O10/c1-16(2)12-22(41-27(47)19(34)15-25(35)44)30(50)40-21(9-10-26(45)46)29(49)42-23(13-17(3)4)31(51)39-20(8-7-11-38-33(36)37)28(48)43-24(32(52)53)14-18(5)6/h16-24H,7-15,34H2,1-6H3,(H2,35,44)(H,39,51)(H,40,50)(H,41,47)(H,42,49)(H,43,48)(H,45,46)(H,52,53)(H4,36,37,38)/t19-,20-,21-,22-,23-,24-/m0/s1. The number of primary amides is 1. The smallest absolute Gasteiger partial charge is 0.326 e. The molecule has 20 nitrogen and oxygen atoms in total. The van der Waals surface area contributed by atoms with Crippen molar-refractivity contribution in [2.45, 2.75) is 129 Å². The molecule has 0 bridgehead atoms. The number of carboxylic acid groups (broad SMARTS) is 2. The normalized spacial score (nSPS) is 14.5. The second-order valence-electron chi connectivity index (χ2n) is 14.2. The molecule has 302 valence electrons. The van der Waals surface area contributed by atoms with Gasteiger partial charge in [0.15, 0.2) is 5.96 Å². The van der Waals surface area contributed by atoms with Gasteiger partial charge in [0.1, 0.15) is 30.2 Å². The Hall–Kier alpha value is -5.01. The lowest BCUT2D eigenvalue weighted by Crippen LogP contribution is -2.59. The Morgan fingerprint density at radius 2 is 0.943 bits per heavy atom. The van der Waals surface area contributed by atoms with E-state index in [1.165, 1.54) is 0 Å². The first-order valence-corrected chi connectivity index (χ1v) is 17.6. The maximum atomic E-state index is 13.7. The molecule has 6 atom stereocenters. The highest BCUT2D eigenvalue weighted by atomic mass is 16.4. The molecule has 15 N–H and O–H groups in total. The summed E-state index contributed by atoms with van der Waals surface area (Å²) >= 11 is 0. The van der Waals surface area contributed by atoms with E-state index in [9.17, 15) is 48.6 Å². The summed E-state index contributed by atoms with van der Waals surface area (Å²) in [5.41, 5.74) is 21.6. The third-order valence-corrected chi connectivity index (χ3v) is 7.62. The predicted octanol–water partition coefficient (Wildman–Crippen LogP) is -2.25. The summed E-state index contributed by atoms with van der Waals surface area (Å²) in [6.45, 7) is 10.7. The molecule has 0 aliphatic carbocycles. The largest absolute Gasteiger partial charge is 0.481 e. The molecule has 0 fully saturated rings. The molecule has 0 spiro atoms. The van der Waals surface area contributed by atoms with Crippen molar-refractivity contribution in [1.29, 1.82) is 0 Å². The fourth-order valence-electron chi connectivity index (χ4n) is 5.09. The van der Waals surface area contributed by atoms with E-state index < -0.39 is 103 Å². The second kappa shape index (κ2) is 24.3. The van der Waals surface area contributed by atoms with Crippen molar-refractivity contribution >= 4 is 53.3 Å². The van der Waals surface area contributed by atoms with E-state index in [1.54, 1.807) is 41.5 Å². The lowest BCUT2D eigenvalue weighted by Gasteiger charge is -2.28. The van der Waals surface area contributed by atoms with Gasteiger partial charge in [0, 0.05) is 13.0 Å². The van der Waals surface area contributed by atoms with E-state index in [4.69, 9.17) is 22.9 Å². The molecule has 0 aromatic heterocycles. The van der Waals surface area contributed by atoms with Crippen LogP contribution in [-0.2, 0) is 38.4 Å². The Morgan fingerprint density at radius 3 is 1.34 bits per heavy atom. The van der Waals surface area contributed by atoms with Crippen LogP contribution in [0.4, 0.5) is 0 Å². The molecule has 0 aliphatic rings. The Balaban J connectivity index is 6.34. The maximum Gasteiger partial charge on any atom is 0.326 e. The minimum Gasteiger partial charge on any atom is -0.481 e. The summed E-state index contributed by atoms with van der Waals surface area (Å²) in [5, 5.41) is 31.5. The number of hydrogen-bond acceptors (Lipinski definition) is 10. The number of rotatable bonds is 26. The lowest BCUT2D eigenvalue weighted by molar-refractivity contribution is -0.143. The van der Waals surface area contributed by atoms with Gasteiger partial charge in [-0.2, -0.15) is 0 Å². The summed E-state index contributed by atoms with van der Waals surface area (Å²) in [5.74, 6) is -8.18. The van der Waals surface area contributed by atoms with Crippen molar-refractivity contribution in [3.05, 3.63) is 0 Å². The molecule has 20 heteroatoms. The Kier molecular flexibility index (Phi) is 22.0. The zero-order valence-corrected chi connectivity index (χ0v) is 31.5. The Bertz CT molecular complexity index is 1300. The number of carboxylic acids is 2. The van der Waals surface area contributed by atoms with Gasteiger partial charge in [-0.25, -0.2) is 4.79 Å². The minimum absolute atomic E-state index is 0.00589. The quantitative estimate of drug-likeness (QED) is 0.0253. The van der Waals surface area contributed by atoms with Gasteiger partial charge in [0.25, 0.3) is 0 Å². The molecule has 0 aromatic carbocycles. The van der Waals surface area contributed by atoms with Crippen molar-refractivity contribution in [3.8, 4) is 0 Å². The average Bonchev–Trinajstić information content (AvgIpc) is 3.01. The molecule has 53 heavy (non-hydrogen) atoms. The Labute approximate surface area is 309 Å². The number of hydrogen-bond donors (Lipinski definition) is 11. The summed E-state index contributed by atoms with van der Waals surface area (Å²) in [7, 11) is 0. The molecule has 0 saturated heterocycles. The zero-order valence-electron chi connectivity index (χ0n) is 31.5. The van der Waals surface area contributed by atoms with Gasteiger partial charge >= 0.3 is 11.9 Å². The van der Waals surface area contributed by atoms with Crippen molar-refractivity contribution < 1.29 is 48.6 Å². The van der Waals surface area contributed by atoms with Crippen LogP contribution >= 0.6 is 0 Å². The van der Waals surface area contributed by atoms with Crippen molar-refractivity contribution in [2.24, 2.45) is 45.7 Å². The van der Waals surface area contributed by atoms with Gasteiger partial charge in [-0.1, -0.05) is 41.5 Å². The van der Waals surface area contributed by atoms with Crippen molar-refractivity contribution in [1.82, 2.24) is 26.6 Å². The fraction of sp³-hybridized carbons (Fsp3) is 0.727. The fourth-order valence-corrected chi connectivity index (χ4v) is 5.09. The van der Waals surface area contributed by atoms with E-state index in [-0.39, 0.29) is 62.4 Å². The van der Waals surface area contributed by atoms with Crippen LogP contribution in [0.1, 0.15) is 92.9 Å². The first-order chi connectivity index (χ1) is 24.5. The van der Waals surface area contributed by atoms with Gasteiger partial charge in [-0.15, -0.1) is 0 Å². The topological polar surface area (TPSA) is 354 Å². The van der Waals surface area contributed by atoms with Crippen LogP contribution in [0.25, 0.3) is 0 Å². The van der Waals surface area contributed by atoms with Gasteiger partial charge < -0.3 is 59.7 Å². The molecule has 0 unspecified atom stereocenters. The molecular formula is C33H60N10O10. The molecule has 0 rings (SSSR count). The molecule has 6 amide bonds. The number of nitrogens with one attached hydrogen (secondary N) is 5. The van der Waals surface area contributed by atoms with Crippen molar-refractivity contribution in [3.63, 3.8) is 0 Å². The van der Waals surface area contributed by atoms with Gasteiger partial charge in [-0.05, 0) is 56.3 Å². The molecular weight excluding hydrogens is 696 g/mol. The SMILES string of the molecule is CC(C)C[C@H](NC(=O)[C@H](CCCN=C(N)N)NC(=O)[C@H](CC(C)C)NC(=O)[C@H](CCC(=O)O)NC(=O)[C@H](CC(C)C)NC(=O)[C@@H](N)CC(N)=O)C(=O)O. The van der Waals surface area contributed by atoms with Gasteiger partial charge in [0.05, 0.1) is 12.5 Å². The third kappa shape index (κ3) is 21.2. The van der Waals surface area contributed by atoms with Crippen LogP contribution in [0.5, 0.6) is 0 Å². The van der Waals surface area contributed by atoms with Crippen LogP contribution in [-0.4, -0.2) is 106 Å². The highest BCUT2D eigenvalue weighted by Gasteiger charge is 2.33. The molecule has 0 radical (unpaired) electrons. The molecule has 0 saturated carbocycles. The number of aliphatic carboxylic acids is 2. The highest BCUT2D eigenvalue weighted by Crippen LogP contribution is 2.12. The maximum absolute atomic E-state index is 13.7. The summed E-state index contributed by atoms with van der Waals surface area (Å²) < 4.78 is 0. The third-order valence-electron chi connectivity index (χ3n) is 7.62. The summed E-state index contributed by atoms with van der Waals surface area (Å²) in [4.78, 5) is 105. The number of aliphatic imine (C=N–C) groups is 1. The summed E-state index contributed by atoms with van der Waals surface area (Å²) in [6.07, 6.45) is -0.974. The van der Waals surface area contributed by atoms with E-state index in [0.29, 0.717) is 0 Å². The van der Waals surface area contributed by atoms with Crippen LogP contribution < -0.4 is 49.5 Å². The lowest BCUT2D eigenvalue weighted by atomic mass is 9.99. The average molecular weight is 757 g/mol. The zero-order chi connectivity index (χ0) is 41.0. The molecule has 0 heterocycles. The van der Waals surface area contributed by atoms with E-state index in [1.807, 2.05) is 0 Å². The van der Waals surface area contributed by atoms with E-state index in [0.717, 1.165) is 0 Å². The number of guanidine groups is 1. The monoisotopic (exact) mass is 756 g/mol. The number of carbonyl (C=O) groups excluding carboxylic acids is 6. The van der Waals surface area contributed by atoms with Gasteiger partial charge in [0.2, 0.25) is 35.4 Å². The molecule has 0 aromatic rings. The highest BCUT2D eigenvalue weighted by molar-refractivity contribution is 5.97. The number of carbonyl (C=O) groups is 8. The molecule has 0 aliphatic heterocycles. The van der Waals surface area contributed by atoms with Crippen LogP contribution in [0, 0.1) is 17.8 Å². The second-order valence-corrected chi connectivity index (χ2v) is 14.2. The Morgan fingerprint density at radius 1 is 0.566 bits per heavy atom. The first kappa shape index (κ1) is 48.0. The predicted molar refractivity (Wildman–Crippen MR) is 194 cm³/mol. The summed E-state index contributed by atoms with van der Waals surface area (Å²) in [6, 6.07) is -7.87. The van der Waals surface area contributed by atoms with E-state index in [2.05, 4.69) is 31.6 Å². The van der Waals surface area contributed by atoms with Crippen LogP contribution in [0.2, 0.25) is 0 Å². The number of nitrogens with zero attached hydrogens (tertiary/aromatic N) is 1. The minimum atomic E-state index is -1.49. The first-order valence-electron chi connectivity index (χ1n) is 17.6. The van der Waals surface area contributed by atoms with Crippen LogP contribution in [0.15, 0.2) is 4.99 Å². The van der Waals surface area contributed by atoms with Crippen molar-refractivity contribution in [2.75, 3.05) is 6.54 Å².